The number of benzene rings is 1. The van der Waals surface area contributed by atoms with Crippen LogP contribution in [0.4, 0.5) is 5.69 Å². The van der Waals surface area contributed by atoms with E-state index in [4.69, 9.17) is 0 Å². The van der Waals surface area contributed by atoms with Crippen LogP contribution in [-0.2, 0) is 0 Å². The molecule has 1 atom stereocenters. The number of rotatable bonds is 5. The van der Waals surface area contributed by atoms with Crippen molar-refractivity contribution in [2.24, 2.45) is 0 Å². The van der Waals surface area contributed by atoms with Gasteiger partial charge in [0, 0.05) is 5.69 Å². The first kappa shape index (κ1) is 15.8. The summed E-state index contributed by atoms with van der Waals surface area (Å²) in [6.45, 7) is 7.46. The Labute approximate surface area is 134 Å². The molecule has 3 rings (SSSR count). The van der Waals surface area contributed by atoms with Gasteiger partial charge in [0.25, 0.3) is 0 Å². The first-order valence-corrected chi connectivity index (χ1v) is 9.13. The van der Waals surface area contributed by atoms with Crippen molar-refractivity contribution in [3.8, 4) is 0 Å². The van der Waals surface area contributed by atoms with E-state index in [0.29, 0.717) is 0 Å². The Kier molecular flexibility index (Phi) is 5.37. The second-order valence-corrected chi connectivity index (χ2v) is 7.08. The molecular formula is C19H31N2O+. The van der Waals surface area contributed by atoms with Gasteiger partial charge in [0.15, 0.2) is 0 Å². The quantitative estimate of drug-likeness (QED) is 0.868. The molecule has 0 unspecified atom stereocenters. The number of nitrogens with one attached hydrogen (secondary N) is 1. The highest BCUT2D eigenvalue weighted by atomic mass is 16.3. The molecule has 122 valence electrons. The molecule has 1 heterocycles. The molecule has 1 aromatic rings. The van der Waals surface area contributed by atoms with Crippen molar-refractivity contribution in [1.82, 2.24) is 0 Å². The van der Waals surface area contributed by atoms with Crippen LogP contribution in [0.5, 0.6) is 0 Å². The molecule has 1 aliphatic heterocycles. The van der Waals surface area contributed by atoms with Crippen molar-refractivity contribution in [3.63, 3.8) is 0 Å². The normalized spacial score (nSPS) is 22.2. The van der Waals surface area contributed by atoms with Crippen LogP contribution in [0.25, 0.3) is 0 Å². The molecule has 0 bridgehead atoms. The third-order valence-electron chi connectivity index (χ3n) is 5.55. The molecule has 3 nitrogen and oxygen atoms in total. The number of aliphatic hydroxyl groups excluding tert-OH is 1. The highest BCUT2D eigenvalue weighted by molar-refractivity contribution is 5.48. The van der Waals surface area contributed by atoms with E-state index in [9.17, 15) is 5.11 Å². The molecule has 22 heavy (non-hydrogen) atoms. The standard InChI is InChI=1S/C19H30N2O/c1-2-19(22)15-20-11-13-21(14-12-20)18-9-7-17(8-10-18)16-5-3-4-6-16/h7-10,16,19,22H,2-6,11-15H2,1H3/p+1/t19-/m1/s1. The Morgan fingerprint density at radius 2 is 1.77 bits per heavy atom. The van der Waals surface area contributed by atoms with E-state index in [1.54, 1.807) is 4.90 Å². The van der Waals surface area contributed by atoms with Crippen LogP contribution >= 0.6 is 0 Å². The van der Waals surface area contributed by atoms with E-state index in [0.717, 1.165) is 45.1 Å². The van der Waals surface area contributed by atoms with Gasteiger partial charge in [-0.2, -0.15) is 0 Å². The number of hydrogen-bond acceptors (Lipinski definition) is 2. The molecule has 0 spiro atoms. The largest absolute Gasteiger partial charge is 0.387 e. The van der Waals surface area contributed by atoms with Crippen molar-refractivity contribution in [2.75, 3.05) is 37.6 Å². The summed E-state index contributed by atoms with van der Waals surface area (Å²) in [5, 5.41) is 9.79. The van der Waals surface area contributed by atoms with Gasteiger partial charge >= 0.3 is 0 Å². The Morgan fingerprint density at radius 1 is 1.14 bits per heavy atom. The average Bonchev–Trinajstić information content (AvgIpc) is 3.10. The lowest BCUT2D eigenvalue weighted by atomic mass is 9.97. The van der Waals surface area contributed by atoms with Crippen LogP contribution < -0.4 is 9.80 Å². The molecule has 0 radical (unpaired) electrons. The fourth-order valence-electron chi connectivity index (χ4n) is 3.98. The Hall–Kier alpha value is -1.06. The minimum atomic E-state index is -0.132. The van der Waals surface area contributed by atoms with Crippen molar-refractivity contribution >= 4 is 5.69 Å². The van der Waals surface area contributed by atoms with E-state index >= 15 is 0 Å². The van der Waals surface area contributed by atoms with Gasteiger partial charge in [-0.1, -0.05) is 31.9 Å². The number of aliphatic hydroxyl groups is 1. The molecule has 2 fully saturated rings. The maximum Gasteiger partial charge on any atom is 0.104 e. The maximum absolute atomic E-state index is 9.79. The average molecular weight is 303 g/mol. The lowest BCUT2D eigenvalue weighted by Gasteiger charge is -2.34. The van der Waals surface area contributed by atoms with E-state index in [1.807, 2.05) is 0 Å². The first-order chi connectivity index (χ1) is 10.8. The summed E-state index contributed by atoms with van der Waals surface area (Å²) >= 11 is 0. The smallest absolute Gasteiger partial charge is 0.104 e. The topological polar surface area (TPSA) is 27.9 Å². The number of nitrogens with zero attached hydrogens (tertiary/aromatic N) is 1. The van der Waals surface area contributed by atoms with E-state index < -0.39 is 0 Å². The molecule has 1 aliphatic carbocycles. The highest BCUT2D eigenvalue weighted by Crippen LogP contribution is 2.34. The highest BCUT2D eigenvalue weighted by Gasteiger charge is 2.22. The Morgan fingerprint density at radius 3 is 2.36 bits per heavy atom. The molecule has 1 aromatic carbocycles. The lowest BCUT2D eigenvalue weighted by molar-refractivity contribution is -0.903. The summed E-state index contributed by atoms with van der Waals surface area (Å²) in [6.07, 6.45) is 6.30. The van der Waals surface area contributed by atoms with E-state index in [2.05, 4.69) is 36.1 Å². The van der Waals surface area contributed by atoms with Crippen molar-refractivity contribution in [1.29, 1.82) is 0 Å². The fourth-order valence-corrected chi connectivity index (χ4v) is 3.98. The summed E-state index contributed by atoms with van der Waals surface area (Å²) in [4.78, 5) is 4.05. The predicted octanol–water partition coefficient (Wildman–Crippen LogP) is 1.82. The first-order valence-electron chi connectivity index (χ1n) is 9.13. The maximum atomic E-state index is 9.79. The van der Waals surface area contributed by atoms with Crippen LogP contribution in [0, 0.1) is 0 Å². The molecule has 0 aromatic heterocycles. The zero-order chi connectivity index (χ0) is 15.4. The van der Waals surface area contributed by atoms with E-state index in [1.165, 1.54) is 36.9 Å². The molecular weight excluding hydrogens is 272 g/mol. The number of hydrogen-bond donors (Lipinski definition) is 2. The number of anilines is 1. The van der Waals surface area contributed by atoms with Gasteiger partial charge in [-0.15, -0.1) is 0 Å². The van der Waals surface area contributed by atoms with Crippen LogP contribution in [0.3, 0.4) is 0 Å². The summed E-state index contributed by atoms with van der Waals surface area (Å²) in [6, 6.07) is 9.34. The van der Waals surface area contributed by atoms with E-state index in [-0.39, 0.29) is 6.10 Å². The van der Waals surface area contributed by atoms with Crippen molar-refractivity contribution in [2.45, 2.75) is 51.0 Å². The van der Waals surface area contributed by atoms with Gasteiger partial charge in [-0.25, -0.2) is 0 Å². The summed E-state index contributed by atoms with van der Waals surface area (Å²) in [5.74, 6) is 0.811. The summed E-state index contributed by atoms with van der Waals surface area (Å²) in [7, 11) is 0. The fraction of sp³-hybridized carbons (Fsp3) is 0.684. The lowest BCUT2D eigenvalue weighted by Crippen LogP contribution is -3.15. The van der Waals surface area contributed by atoms with Gasteiger partial charge in [-0.3, -0.25) is 0 Å². The number of piperazine rings is 1. The molecule has 1 saturated carbocycles. The van der Waals surface area contributed by atoms with Gasteiger partial charge in [0.05, 0.1) is 26.2 Å². The molecule has 0 amide bonds. The van der Waals surface area contributed by atoms with Crippen LogP contribution in [0.15, 0.2) is 24.3 Å². The molecule has 2 N–H and O–H groups in total. The molecule has 3 heteroatoms. The molecule has 1 saturated heterocycles. The monoisotopic (exact) mass is 303 g/mol. The Balaban J connectivity index is 1.52. The zero-order valence-electron chi connectivity index (χ0n) is 13.9. The van der Waals surface area contributed by atoms with Crippen molar-refractivity contribution < 1.29 is 10.0 Å². The minimum Gasteiger partial charge on any atom is -0.387 e. The van der Waals surface area contributed by atoms with Gasteiger partial charge in [-0.05, 0) is 42.9 Å². The van der Waals surface area contributed by atoms with Crippen LogP contribution in [-0.4, -0.2) is 43.9 Å². The third-order valence-corrected chi connectivity index (χ3v) is 5.55. The van der Waals surface area contributed by atoms with Gasteiger partial charge in [0.2, 0.25) is 0 Å². The third kappa shape index (κ3) is 3.82. The SMILES string of the molecule is CC[C@@H](O)C[NH+]1CCN(c2ccc(C3CCCC3)cc2)CC1. The molecule has 2 aliphatic rings. The second kappa shape index (κ2) is 7.47. The summed E-state index contributed by atoms with van der Waals surface area (Å²) < 4.78 is 0. The summed E-state index contributed by atoms with van der Waals surface area (Å²) in [5.41, 5.74) is 2.91. The minimum absolute atomic E-state index is 0.132. The Bertz CT molecular complexity index is 445. The predicted molar refractivity (Wildman–Crippen MR) is 91.7 cm³/mol. The van der Waals surface area contributed by atoms with Gasteiger partial charge in [0.1, 0.15) is 12.6 Å². The number of quaternary nitrogens is 1. The van der Waals surface area contributed by atoms with Crippen LogP contribution in [0.1, 0.15) is 50.5 Å². The van der Waals surface area contributed by atoms with Crippen molar-refractivity contribution in [3.05, 3.63) is 29.8 Å². The van der Waals surface area contributed by atoms with Gasteiger partial charge < -0.3 is 14.9 Å². The second-order valence-electron chi connectivity index (χ2n) is 7.08. The zero-order valence-corrected chi connectivity index (χ0v) is 13.9. The van der Waals surface area contributed by atoms with Crippen LogP contribution in [0.2, 0.25) is 0 Å².